The minimum atomic E-state index is -0.368. The molecule has 18 heavy (non-hydrogen) atoms. The molecule has 0 N–H and O–H groups in total. The number of esters is 1. The molecule has 5 heteroatoms. The molecule has 0 atom stereocenters. The largest absolute Gasteiger partial charge is 0.465 e. The lowest BCUT2D eigenvalue weighted by Gasteiger charge is -2.33. The van der Waals surface area contributed by atoms with E-state index in [1.54, 1.807) is 6.07 Å². The highest BCUT2D eigenvalue weighted by atomic mass is 35.5. The SMILES string of the molecule is COC(=O)c1cnc(Cl)cc1N1CCC(C)CC1. The van der Waals surface area contributed by atoms with E-state index >= 15 is 0 Å². The van der Waals surface area contributed by atoms with Crippen molar-refractivity contribution < 1.29 is 9.53 Å². The van der Waals surface area contributed by atoms with Crippen molar-refractivity contribution in [1.82, 2.24) is 4.98 Å². The number of rotatable bonds is 2. The Morgan fingerprint density at radius 3 is 2.78 bits per heavy atom. The van der Waals surface area contributed by atoms with Gasteiger partial charge in [-0.1, -0.05) is 18.5 Å². The highest BCUT2D eigenvalue weighted by molar-refractivity contribution is 6.29. The smallest absolute Gasteiger partial charge is 0.341 e. The van der Waals surface area contributed by atoms with Crippen LogP contribution in [0.25, 0.3) is 0 Å². The van der Waals surface area contributed by atoms with Crippen LogP contribution >= 0.6 is 11.6 Å². The number of hydrogen-bond acceptors (Lipinski definition) is 4. The first-order valence-electron chi connectivity index (χ1n) is 6.10. The first kappa shape index (κ1) is 13.1. The molecule has 98 valence electrons. The molecule has 2 rings (SSSR count). The van der Waals surface area contributed by atoms with Gasteiger partial charge in [-0.25, -0.2) is 9.78 Å². The summed E-state index contributed by atoms with van der Waals surface area (Å²) >= 11 is 5.92. The van der Waals surface area contributed by atoms with Gasteiger partial charge in [0.2, 0.25) is 0 Å². The second-order valence-corrected chi connectivity index (χ2v) is 5.07. The monoisotopic (exact) mass is 268 g/mol. The lowest BCUT2D eigenvalue weighted by molar-refractivity contribution is 0.0601. The summed E-state index contributed by atoms with van der Waals surface area (Å²) < 4.78 is 4.78. The van der Waals surface area contributed by atoms with E-state index in [1.807, 2.05) is 0 Å². The number of halogens is 1. The molecular formula is C13H17ClN2O2. The molecule has 2 heterocycles. The second kappa shape index (κ2) is 5.57. The van der Waals surface area contributed by atoms with Crippen LogP contribution in [0.3, 0.4) is 0 Å². The van der Waals surface area contributed by atoms with Crippen LogP contribution in [0.1, 0.15) is 30.1 Å². The van der Waals surface area contributed by atoms with Gasteiger partial charge in [-0.05, 0) is 24.8 Å². The number of methoxy groups -OCH3 is 1. The highest BCUT2D eigenvalue weighted by Gasteiger charge is 2.22. The molecule has 1 aliphatic rings. The number of nitrogens with zero attached hydrogens (tertiary/aromatic N) is 2. The number of hydrogen-bond donors (Lipinski definition) is 0. The quantitative estimate of drug-likeness (QED) is 0.611. The van der Waals surface area contributed by atoms with Crippen molar-refractivity contribution in [3.05, 3.63) is 23.0 Å². The first-order valence-corrected chi connectivity index (χ1v) is 6.48. The van der Waals surface area contributed by atoms with Gasteiger partial charge in [-0.3, -0.25) is 0 Å². The summed E-state index contributed by atoms with van der Waals surface area (Å²) in [5.41, 5.74) is 1.31. The number of pyridine rings is 1. The lowest BCUT2D eigenvalue weighted by Crippen LogP contribution is -2.34. The van der Waals surface area contributed by atoms with Crippen LogP contribution in [0.15, 0.2) is 12.3 Å². The van der Waals surface area contributed by atoms with Gasteiger partial charge in [-0.2, -0.15) is 0 Å². The Kier molecular flexibility index (Phi) is 4.07. The fraction of sp³-hybridized carbons (Fsp3) is 0.538. The molecular weight excluding hydrogens is 252 g/mol. The van der Waals surface area contributed by atoms with Gasteiger partial charge in [0.05, 0.1) is 12.8 Å². The summed E-state index contributed by atoms with van der Waals surface area (Å²) in [6, 6.07) is 1.74. The Labute approximate surface area is 112 Å². The van der Waals surface area contributed by atoms with Crippen LogP contribution in [0.4, 0.5) is 5.69 Å². The summed E-state index contributed by atoms with van der Waals surface area (Å²) in [4.78, 5) is 17.9. The van der Waals surface area contributed by atoms with Gasteiger partial charge in [0.15, 0.2) is 0 Å². The van der Waals surface area contributed by atoms with E-state index in [9.17, 15) is 4.79 Å². The summed E-state index contributed by atoms with van der Waals surface area (Å²) in [5, 5.41) is 0.399. The maximum Gasteiger partial charge on any atom is 0.341 e. The molecule has 0 aromatic carbocycles. The third-order valence-electron chi connectivity index (χ3n) is 3.38. The third-order valence-corrected chi connectivity index (χ3v) is 3.59. The third kappa shape index (κ3) is 2.75. The van der Waals surface area contributed by atoms with Gasteiger partial charge in [0, 0.05) is 19.3 Å². The molecule has 0 bridgehead atoms. The molecule has 0 saturated carbocycles. The average Bonchev–Trinajstić information content (AvgIpc) is 2.38. The van der Waals surface area contributed by atoms with Crippen molar-refractivity contribution in [3.8, 4) is 0 Å². The zero-order valence-corrected chi connectivity index (χ0v) is 11.4. The fourth-order valence-corrected chi connectivity index (χ4v) is 2.35. The molecule has 1 aliphatic heterocycles. The summed E-state index contributed by atoms with van der Waals surface area (Å²) in [6.45, 7) is 4.12. The van der Waals surface area contributed by atoms with E-state index in [-0.39, 0.29) is 5.97 Å². The van der Waals surface area contributed by atoms with E-state index in [4.69, 9.17) is 16.3 Å². The number of aromatic nitrogens is 1. The number of anilines is 1. The Hall–Kier alpha value is -1.29. The molecule has 4 nitrogen and oxygen atoms in total. The van der Waals surface area contributed by atoms with Crippen molar-refractivity contribution in [2.45, 2.75) is 19.8 Å². The fourth-order valence-electron chi connectivity index (χ4n) is 2.20. The molecule has 0 radical (unpaired) electrons. The van der Waals surface area contributed by atoms with Crippen LogP contribution in [-0.2, 0) is 4.74 Å². The second-order valence-electron chi connectivity index (χ2n) is 4.69. The Morgan fingerprint density at radius 2 is 2.17 bits per heavy atom. The van der Waals surface area contributed by atoms with Gasteiger partial charge in [0.1, 0.15) is 10.7 Å². The van der Waals surface area contributed by atoms with Gasteiger partial charge in [0.25, 0.3) is 0 Å². The first-order chi connectivity index (χ1) is 8.61. The summed E-state index contributed by atoms with van der Waals surface area (Å²) in [7, 11) is 1.37. The van der Waals surface area contributed by atoms with Crippen LogP contribution in [0.5, 0.6) is 0 Å². The van der Waals surface area contributed by atoms with Crippen molar-refractivity contribution in [2.75, 3.05) is 25.1 Å². The van der Waals surface area contributed by atoms with Gasteiger partial charge in [-0.15, -0.1) is 0 Å². The predicted molar refractivity (Wildman–Crippen MR) is 71.2 cm³/mol. The van der Waals surface area contributed by atoms with Crippen molar-refractivity contribution >= 4 is 23.3 Å². The number of piperidine rings is 1. The normalized spacial score (nSPS) is 16.7. The van der Waals surface area contributed by atoms with Crippen LogP contribution in [0.2, 0.25) is 5.15 Å². The maximum atomic E-state index is 11.7. The molecule has 0 spiro atoms. The molecule has 1 fully saturated rings. The number of carbonyl (C=O) groups is 1. The molecule has 0 aliphatic carbocycles. The average molecular weight is 269 g/mol. The molecule has 1 saturated heterocycles. The number of carbonyl (C=O) groups excluding carboxylic acids is 1. The highest BCUT2D eigenvalue weighted by Crippen LogP contribution is 2.28. The van der Waals surface area contributed by atoms with E-state index < -0.39 is 0 Å². The maximum absolute atomic E-state index is 11.7. The zero-order chi connectivity index (χ0) is 13.1. The predicted octanol–water partition coefficient (Wildman–Crippen LogP) is 2.76. The van der Waals surface area contributed by atoms with E-state index in [0.29, 0.717) is 10.7 Å². The van der Waals surface area contributed by atoms with Gasteiger partial charge >= 0.3 is 5.97 Å². The van der Waals surface area contributed by atoms with Crippen molar-refractivity contribution in [1.29, 1.82) is 0 Å². The minimum absolute atomic E-state index is 0.368. The van der Waals surface area contributed by atoms with Crippen molar-refractivity contribution in [2.24, 2.45) is 5.92 Å². The lowest BCUT2D eigenvalue weighted by atomic mass is 9.98. The molecule has 1 aromatic rings. The van der Waals surface area contributed by atoms with Crippen molar-refractivity contribution in [3.63, 3.8) is 0 Å². The molecule has 1 aromatic heterocycles. The summed E-state index contributed by atoms with van der Waals surface area (Å²) in [6.07, 6.45) is 3.74. The molecule has 0 unspecified atom stereocenters. The summed E-state index contributed by atoms with van der Waals surface area (Å²) in [5.74, 6) is 0.368. The van der Waals surface area contributed by atoms with Crippen LogP contribution < -0.4 is 4.90 Å². The van der Waals surface area contributed by atoms with E-state index in [0.717, 1.165) is 37.5 Å². The van der Waals surface area contributed by atoms with Gasteiger partial charge < -0.3 is 9.64 Å². The minimum Gasteiger partial charge on any atom is -0.465 e. The van der Waals surface area contributed by atoms with Crippen LogP contribution in [0, 0.1) is 5.92 Å². The Balaban J connectivity index is 2.30. The number of ether oxygens (including phenoxy) is 1. The Bertz CT molecular complexity index is 443. The standard InChI is InChI=1S/C13H17ClN2O2/c1-9-3-5-16(6-4-9)11-7-12(14)15-8-10(11)13(17)18-2/h7-9H,3-6H2,1-2H3. The Morgan fingerprint density at radius 1 is 1.50 bits per heavy atom. The zero-order valence-electron chi connectivity index (χ0n) is 10.6. The topological polar surface area (TPSA) is 42.4 Å². The van der Waals surface area contributed by atoms with Crippen LogP contribution in [-0.4, -0.2) is 31.2 Å². The molecule has 0 amide bonds. The van der Waals surface area contributed by atoms with E-state index in [2.05, 4.69) is 16.8 Å². The van der Waals surface area contributed by atoms with E-state index in [1.165, 1.54) is 13.3 Å².